The molecule has 7 heterocycles. The van der Waals surface area contributed by atoms with Gasteiger partial charge in [-0.2, -0.15) is 4.98 Å². The number of pyridine rings is 1. The van der Waals surface area contributed by atoms with Gasteiger partial charge in [-0.15, -0.1) is 0 Å². The fourth-order valence-corrected chi connectivity index (χ4v) is 20.1. The van der Waals surface area contributed by atoms with Crippen molar-refractivity contribution in [2.75, 3.05) is 17.3 Å². The van der Waals surface area contributed by atoms with E-state index in [1.54, 1.807) is 148 Å². The first-order chi connectivity index (χ1) is 55.7. The molecule has 36 heteroatoms. The second-order valence-electron chi connectivity index (χ2n) is 28.6. The molecule has 4 aromatic heterocycles. The second-order valence-corrected chi connectivity index (χ2v) is 36.6. The van der Waals surface area contributed by atoms with E-state index in [-0.39, 0.29) is 127 Å². The number of oxazole rings is 2. The Morgan fingerprint density at radius 2 is 0.900 bits per heavy atom. The number of amidine groups is 3. The van der Waals surface area contributed by atoms with Crippen LogP contribution in [0.5, 0.6) is 0 Å². The summed E-state index contributed by atoms with van der Waals surface area (Å²) < 4.78 is 125. The minimum absolute atomic E-state index is 0. The van der Waals surface area contributed by atoms with Crippen molar-refractivity contribution in [3.05, 3.63) is 216 Å². The number of Topliss-reactive ketones (excluding diaryl/α,β-unsaturated/α-hetero) is 3. The molecule has 120 heavy (non-hydrogen) atoms. The van der Waals surface area contributed by atoms with Crippen molar-refractivity contribution in [1.82, 2.24) is 55.2 Å². The molecule has 15 rings (SSSR count). The zero-order valence-electron chi connectivity index (χ0n) is 63.2. The number of aliphatic imine (C=N–C) groups is 3. The van der Waals surface area contributed by atoms with Crippen LogP contribution in [-0.2, 0) is 71.8 Å². The summed E-state index contributed by atoms with van der Waals surface area (Å²) in [5.41, 5.74) is 4.29. The van der Waals surface area contributed by atoms with Gasteiger partial charge in [-0.3, -0.25) is 71.3 Å². The Balaban J connectivity index is 0.000000202. The van der Waals surface area contributed by atoms with Crippen molar-refractivity contribution in [2.24, 2.45) is 26.3 Å². The number of rotatable bonds is 29. The van der Waals surface area contributed by atoms with E-state index < -0.39 is 123 Å². The summed E-state index contributed by atoms with van der Waals surface area (Å²) in [7, 11) is -14.3. The molecule has 0 saturated heterocycles. The lowest BCUT2D eigenvalue weighted by Gasteiger charge is -2.28. The van der Waals surface area contributed by atoms with Crippen LogP contribution < -0.4 is 30.1 Å². The smallest absolute Gasteiger partial charge is 0.296 e. The highest BCUT2D eigenvalue weighted by Crippen LogP contribution is 2.42. The fraction of sp³-hybridized carbons (Fsp3) is 0.357. The van der Waals surface area contributed by atoms with Crippen molar-refractivity contribution in [3.8, 4) is 11.4 Å². The van der Waals surface area contributed by atoms with Gasteiger partial charge in [-0.25, -0.2) is 35.2 Å². The third kappa shape index (κ3) is 21.9. The van der Waals surface area contributed by atoms with Gasteiger partial charge in [0.25, 0.3) is 47.7 Å². The number of hydrogen-bond donors (Lipinski definition) is 6. The largest absolute Gasteiger partial charge is 0.434 e. The molecule has 8 atom stereocenters. The van der Waals surface area contributed by atoms with Crippen LogP contribution in [0.25, 0.3) is 33.6 Å². The molecule has 5 aliphatic rings. The normalized spacial score (nSPS) is 18.1. The van der Waals surface area contributed by atoms with Crippen LogP contribution in [0.1, 0.15) is 176 Å². The topological polar surface area (TPSA) is 452 Å². The maximum atomic E-state index is 13.6. The third-order valence-corrected chi connectivity index (χ3v) is 27.0. The van der Waals surface area contributed by atoms with Crippen molar-refractivity contribution in [2.45, 2.75) is 178 Å². The molecule has 2 fully saturated rings. The van der Waals surface area contributed by atoms with Gasteiger partial charge in [-0.1, -0.05) is 166 Å². The molecule has 0 spiro atoms. The number of benzene rings is 6. The van der Waals surface area contributed by atoms with E-state index in [1.165, 1.54) is 18.2 Å². The predicted molar refractivity (Wildman–Crippen MR) is 458 cm³/mol. The number of aromatic nitrogens is 5. The first-order valence-corrected chi connectivity index (χ1v) is 44.9. The monoisotopic (exact) mass is 1730 g/mol. The fourth-order valence-electron chi connectivity index (χ4n) is 13.6. The predicted octanol–water partition coefficient (Wildman–Crippen LogP) is 11.0. The Morgan fingerprint density at radius 1 is 0.500 bits per heavy atom. The molecule has 2 aliphatic carbocycles. The number of sulfonamides is 3. The average Bonchev–Trinajstić information content (AvgIpc) is 1.62. The Labute approximate surface area is 702 Å². The molecule has 6 aromatic carbocycles. The van der Waals surface area contributed by atoms with Gasteiger partial charge in [-0.05, 0) is 141 Å². The number of nitrogens with one attached hydrogen (secondary N) is 6. The lowest BCUT2D eigenvalue weighted by atomic mass is 9.82. The number of ketones is 3. The number of fused-ring (bicyclic) bond motifs is 5. The van der Waals surface area contributed by atoms with Crippen molar-refractivity contribution >= 4 is 126 Å². The van der Waals surface area contributed by atoms with E-state index >= 15 is 0 Å². The molecule has 636 valence electrons. The zero-order chi connectivity index (χ0) is 82.1. The van der Waals surface area contributed by atoms with Crippen LogP contribution in [-0.4, -0.2) is 165 Å². The molecular formula is C84H98N14O17S5. The molecular weight excluding hydrogens is 1640 g/mol. The van der Waals surface area contributed by atoms with E-state index in [0.717, 1.165) is 44.1 Å². The molecule has 3 amide bonds. The van der Waals surface area contributed by atoms with Crippen molar-refractivity contribution in [1.29, 1.82) is 0 Å². The number of nitrogens with zero attached hydrogens (tertiary/aromatic N) is 8. The minimum atomic E-state index is -3.86. The summed E-state index contributed by atoms with van der Waals surface area (Å²) >= 11 is 0. The van der Waals surface area contributed by atoms with Gasteiger partial charge in [0.05, 0.1) is 44.3 Å². The second kappa shape index (κ2) is 40.1. The maximum absolute atomic E-state index is 13.6. The number of hydrogen-bond acceptors (Lipinski definition) is 25. The Morgan fingerprint density at radius 3 is 1.32 bits per heavy atom. The van der Waals surface area contributed by atoms with Gasteiger partial charge in [0.1, 0.15) is 46.7 Å². The van der Waals surface area contributed by atoms with E-state index in [0.29, 0.717) is 62.5 Å². The first-order valence-electron chi connectivity index (χ1n) is 37.5. The highest BCUT2D eigenvalue weighted by Gasteiger charge is 2.41. The number of para-hydroxylation sites is 4. The Hall–Kier alpha value is -11.5. The molecule has 3 aliphatic heterocycles. The molecule has 10 aromatic rings. The lowest BCUT2D eigenvalue weighted by molar-refractivity contribution is -0.124. The van der Waals surface area contributed by atoms with E-state index in [1.807, 2.05) is 30.3 Å². The number of amides is 3. The van der Waals surface area contributed by atoms with Crippen LogP contribution in [0.2, 0.25) is 0 Å². The summed E-state index contributed by atoms with van der Waals surface area (Å²) in [4.78, 5) is 110. The van der Waals surface area contributed by atoms with Crippen LogP contribution in [0, 0.1) is 11.3 Å². The van der Waals surface area contributed by atoms with Crippen LogP contribution in [0.15, 0.2) is 219 Å². The molecule has 6 N–H and O–H groups in total. The Kier molecular flexibility index (Phi) is 30.9. The van der Waals surface area contributed by atoms with Gasteiger partial charge in [0, 0.05) is 67.8 Å². The molecule has 0 radical (unpaired) electrons. The van der Waals surface area contributed by atoms with Crippen LogP contribution in [0.3, 0.4) is 0 Å². The van der Waals surface area contributed by atoms with Crippen molar-refractivity contribution < 1.29 is 75.8 Å². The van der Waals surface area contributed by atoms with E-state index in [9.17, 15) is 62.4 Å². The van der Waals surface area contributed by atoms with Gasteiger partial charge in [0.2, 0.25) is 40.9 Å². The minimum Gasteiger partial charge on any atom is -0.434 e. The first kappa shape index (κ1) is 92.4. The summed E-state index contributed by atoms with van der Waals surface area (Å²) in [6.45, 7) is 7.34. The SMILES string of the molecule is C.C.C.C.CC[C@H](NC(=O)[C@H](CC1(C)CCCC1)N=C1NS(=O)(=O)c2ccccc21)C(=O)c1nc(-c2cccnc2)no1.CC[C@H](NC(=O)[C@H](CS(=O)CC1CC1)N=C1NS(=O)(=O)c2ccccc21)C(=O)c1nc2ccccc2o1.CC[C@H](NC(=O)[C@H](CS(=O)Cc1ccccc1)N=C1NS(=O)(=O)c2ccccc21)C(=O)c1nc2ccccc2o1. The zero-order valence-corrected chi connectivity index (χ0v) is 67.3. The van der Waals surface area contributed by atoms with Crippen LogP contribution >= 0.6 is 0 Å². The van der Waals surface area contributed by atoms with Gasteiger partial charge < -0.3 is 29.3 Å². The summed E-state index contributed by atoms with van der Waals surface area (Å²) in [5.74, 6) is -2.72. The summed E-state index contributed by atoms with van der Waals surface area (Å²) in [6, 6.07) is 39.4. The highest BCUT2D eigenvalue weighted by atomic mass is 32.2. The number of carbonyl (C=O) groups is 6. The molecule has 31 nitrogen and oxygen atoms in total. The van der Waals surface area contributed by atoms with E-state index in [4.69, 9.17) is 13.4 Å². The third-order valence-electron chi connectivity index (χ3n) is 19.9. The lowest BCUT2D eigenvalue weighted by Crippen LogP contribution is -2.47. The summed E-state index contributed by atoms with van der Waals surface area (Å²) in [5, 5.41) is 12.1. The highest BCUT2D eigenvalue weighted by molar-refractivity contribution is 7.91. The molecule has 0 bridgehead atoms. The van der Waals surface area contributed by atoms with Crippen molar-refractivity contribution in [3.63, 3.8) is 0 Å². The van der Waals surface area contributed by atoms with Gasteiger partial charge >= 0.3 is 0 Å². The van der Waals surface area contributed by atoms with E-state index in [2.05, 4.69) is 77.1 Å². The van der Waals surface area contributed by atoms with Crippen LogP contribution in [0.4, 0.5) is 0 Å². The average molecular weight is 1740 g/mol. The quantitative estimate of drug-likeness (QED) is 0.0237. The number of carbonyl (C=O) groups excluding carboxylic acids is 6. The standard InChI is InChI=1S/C28H26N4O6S2.C27H30N6O5S.C25H26N4O6S2.4CH4/c1-2-20(25(33)28-31-21-13-7-8-14-23(21)38-28)30-27(34)22(17-39(35)16-18-10-4-3-5-11-18)29-26-19-12-6-9-15-24(19)40(36,37)32-26;1-3-19(22(34)26-31-23(32-38-26)17-9-8-14-28-16-17)30-25(35)20(15-27(2)12-6-7-13-27)29-24-18-10-4-5-11-21(18)39(36,37)33-24;1-2-17(22(30)25-28-18-8-4-5-9-20(18)35-25)27-24(31)19(14-36(32)13-15-11-12-15)26-23-16-7-3-6-10-21(16)37(33,34)29-23;;;;/h3-15,20,22H,2,16-17H2,1H3,(H,29,32)(H,30,34);4-5,8-11,14,16,19-20H,3,6-7,12-13,15H2,1-2H3,(H,29,33)(H,30,35);3-10,15,17,19H,2,11-14H2,1H3,(H,26,29)(H,27,31);4*1H4/t20-,22-,39?;19-,20-;17-,19-,36?;;;;/m000..../s1. The maximum Gasteiger partial charge on any atom is 0.296 e. The molecule has 2 unspecified atom stereocenters. The summed E-state index contributed by atoms with van der Waals surface area (Å²) in [6.07, 6.45) is 10.4. The Bertz CT molecular complexity index is 5840. The molecule has 2 saturated carbocycles. The van der Waals surface area contributed by atoms with Gasteiger partial charge in [0.15, 0.2) is 11.2 Å².